The van der Waals surface area contributed by atoms with E-state index < -0.39 is 0 Å². The van der Waals surface area contributed by atoms with E-state index in [1.807, 2.05) is 40.0 Å². The second kappa shape index (κ2) is 7.14. The number of hydrogen-bond donors (Lipinski definition) is 1. The number of rotatable bonds is 4. The van der Waals surface area contributed by atoms with Crippen LogP contribution >= 0.6 is 11.6 Å². The number of halogens is 1. The lowest BCUT2D eigenvalue weighted by Gasteiger charge is -2.28. The van der Waals surface area contributed by atoms with E-state index in [1.165, 1.54) is 24.0 Å². The van der Waals surface area contributed by atoms with E-state index in [4.69, 9.17) is 11.6 Å². The molecular formula is C24H21ClN6. The molecule has 31 heavy (non-hydrogen) atoms. The minimum atomic E-state index is 0.167. The van der Waals surface area contributed by atoms with Crippen molar-refractivity contribution in [3.8, 4) is 11.8 Å². The number of hydrogen-bond acceptors (Lipinski definition) is 4. The van der Waals surface area contributed by atoms with E-state index in [2.05, 4.69) is 39.9 Å². The molecule has 0 unspecified atom stereocenters. The molecule has 2 aliphatic rings. The van der Waals surface area contributed by atoms with Gasteiger partial charge in [-0.15, -0.1) is 0 Å². The van der Waals surface area contributed by atoms with Crippen molar-refractivity contribution >= 4 is 28.2 Å². The first kappa shape index (κ1) is 18.5. The zero-order valence-corrected chi connectivity index (χ0v) is 17.7. The Morgan fingerprint density at radius 2 is 2.00 bits per heavy atom. The van der Waals surface area contributed by atoms with Crippen LogP contribution in [0.5, 0.6) is 0 Å². The maximum Gasteiger partial charge on any atom is 0.103 e. The van der Waals surface area contributed by atoms with E-state index in [9.17, 15) is 5.26 Å². The molecule has 0 saturated heterocycles. The highest BCUT2D eigenvalue weighted by molar-refractivity contribution is 6.34. The predicted molar refractivity (Wildman–Crippen MR) is 121 cm³/mol. The average Bonchev–Trinajstić information content (AvgIpc) is 3.39. The topological polar surface area (TPSA) is 71.5 Å². The molecule has 0 aliphatic heterocycles. The minimum Gasteiger partial charge on any atom is -0.377 e. The van der Waals surface area contributed by atoms with Crippen LogP contribution in [0.25, 0.3) is 16.6 Å². The fourth-order valence-corrected chi connectivity index (χ4v) is 4.79. The SMILES string of the molecule is N#Cc1ccc2c(c1)CCC[C@H]2Nc1cc2c(cnn2-c2cnn(C3CC3)c2)cc1Cl. The quantitative estimate of drug-likeness (QED) is 0.461. The highest BCUT2D eigenvalue weighted by Crippen LogP contribution is 2.37. The average molecular weight is 429 g/mol. The van der Waals surface area contributed by atoms with Gasteiger partial charge in [-0.1, -0.05) is 17.7 Å². The first-order valence-corrected chi connectivity index (χ1v) is 11.1. The van der Waals surface area contributed by atoms with Crippen molar-refractivity contribution in [3.05, 3.63) is 70.6 Å². The van der Waals surface area contributed by atoms with Gasteiger partial charge in [-0.3, -0.25) is 4.68 Å². The Bertz CT molecular complexity index is 1340. The van der Waals surface area contributed by atoms with Crippen LogP contribution in [0.15, 0.2) is 48.9 Å². The summed E-state index contributed by atoms with van der Waals surface area (Å²) < 4.78 is 3.96. The molecule has 2 aromatic carbocycles. The summed E-state index contributed by atoms with van der Waals surface area (Å²) >= 11 is 6.65. The molecule has 6 rings (SSSR count). The van der Waals surface area contributed by atoms with Crippen LogP contribution < -0.4 is 5.32 Å². The number of nitriles is 1. The smallest absolute Gasteiger partial charge is 0.103 e. The van der Waals surface area contributed by atoms with Crippen molar-refractivity contribution in [1.29, 1.82) is 5.26 Å². The molecule has 6 nitrogen and oxygen atoms in total. The third kappa shape index (κ3) is 3.26. The second-order valence-corrected chi connectivity index (χ2v) is 8.88. The zero-order chi connectivity index (χ0) is 20.9. The first-order valence-electron chi connectivity index (χ1n) is 10.7. The molecule has 0 bridgehead atoms. The molecular weight excluding hydrogens is 408 g/mol. The molecule has 0 radical (unpaired) electrons. The van der Waals surface area contributed by atoms with Gasteiger partial charge in [-0.25, -0.2) is 4.68 Å². The highest BCUT2D eigenvalue weighted by atomic mass is 35.5. The number of nitrogens with zero attached hydrogens (tertiary/aromatic N) is 5. The van der Waals surface area contributed by atoms with Crippen LogP contribution in [-0.4, -0.2) is 19.6 Å². The summed E-state index contributed by atoms with van der Waals surface area (Å²) in [6.07, 6.45) is 11.3. The van der Waals surface area contributed by atoms with Crippen molar-refractivity contribution in [2.24, 2.45) is 0 Å². The number of aryl methyl sites for hydroxylation is 1. The number of benzene rings is 2. The first-order chi connectivity index (χ1) is 15.2. The highest BCUT2D eigenvalue weighted by Gasteiger charge is 2.25. The van der Waals surface area contributed by atoms with Gasteiger partial charge in [0.15, 0.2) is 0 Å². The molecule has 0 amide bonds. The number of aromatic nitrogens is 4. The molecule has 1 fully saturated rings. The van der Waals surface area contributed by atoms with Gasteiger partial charge in [0.05, 0.1) is 58.5 Å². The van der Waals surface area contributed by atoms with Crippen LogP contribution in [0.2, 0.25) is 5.02 Å². The van der Waals surface area contributed by atoms with Gasteiger partial charge in [0.1, 0.15) is 5.69 Å². The van der Waals surface area contributed by atoms with Crippen molar-refractivity contribution in [2.45, 2.75) is 44.2 Å². The van der Waals surface area contributed by atoms with E-state index in [0.29, 0.717) is 11.1 Å². The van der Waals surface area contributed by atoms with Crippen molar-refractivity contribution in [3.63, 3.8) is 0 Å². The molecule has 2 aromatic heterocycles. The van der Waals surface area contributed by atoms with Gasteiger partial charge in [-0.2, -0.15) is 15.5 Å². The molecule has 1 atom stereocenters. The maximum absolute atomic E-state index is 9.21. The minimum absolute atomic E-state index is 0.167. The lowest BCUT2D eigenvalue weighted by molar-refractivity contribution is 0.600. The van der Waals surface area contributed by atoms with Gasteiger partial charge < -0.3 is 5.32 Å². The molecule has 154 valence electrons. The molecule has 2 aliphatic carbocycles. The van der Waals surface area contributed by atoms with Crippen LogP contribution in [0.1, 0.15) is 54.5 Å². The molecule has 7 heteroatoms. The van der Waals surface area contributed by atoms with Crippen LogP contribution in [0, 0.1) is 11.3 Å². The number of anilines is 1. The molecule has 0 spiro atoms. The Morgan fingerprint density at radius 1 is 1.10 bits per heavy atom. The number of fused-ring (bicyclic) bond motifs is 2. The summed E-state index contributed by atoms with van der Waals surface area (Å²) in [6.45, 7) is 0. The fraction of sp³-hybridized carbons (Fsp3) is 0.292. The monoisotopic (exact) mass is 428 g/mol. The summed E-state index contributed by atoms with van der Waals surface area (Å²) in [5.41, 5.74) is 6.07. The summed E-state index contributed by atoms with van der Waals surface area (Å²) in [6, 6.07) is 13.0. The fourth-order valence-electron chi connectivity index (χ4n) is 4.56. The standard InChI is InChI=1S/C24H21ClN6/c25-21-9-17-12-28-31(19-13-27-30(14-19)18-5-6-18)24(17)10-23(21)29-22-3-1-2-16-8-15(11-26)4-7-20(16)22/h4,7-10,12-14,18,22,29H,1-3,5-6H2/t22-/m1/s1. The van der Waals surface area contributed by atoms with Crippen molar-refractivity contribution < 1.29 is 0 Å². The van der Waals surface area contributed by atoms with E-state index >= 15 is 0 Å². The van der Waals surface area contributed by atoms with Crippen molar-refractivity contribution in [2.75, 3.05) is 5.32 Å². The lowest BCUT2D eigenvalue weighted by Crippen LogP contribution is -2.17. The van der Waals surface area contributed by atoms with E-state index in [0.717, 1.165) is 47.1 Å². The summed E-state index contributed by atoms with van der Waals surface area (Å²) in [5.74, 6) is 0. The maximum atomic E-state index is 9.21. The normalized spacial score (nSPS) is 18.0. The van der Waals surface area contributed by atoms with Gasteiger partial charge in [0, 0.05) is 5.39 Å². The third-order valence-electron chi connectivity index (χ3n) is 6.33. The lowest BCUT2D eigenvalue weighted by atomic mass is 9.86. The van der Waals surface area contributed by atoms with Crippen LogP contribution in [0.3, 0.4) is 0 Å². The van der Waals surface area contributed by atoms with Gasteiger partial charge in [0.25, 0.3) is 0 Å². The van der Waals surface area contributed by atoms with Crippen LogP contribution in [-0.2, 0) is 6.42 Å². The molecule has 4 aromatic rings. The van der Waals surface area contributed by atoms with Gasteiger partial charge >= 0.3 is 0 Å². The van der Waals surface area contributed by atoms with Crippen LogP contribution in [0.4, 0.5) is 5.69 Å². The Hall–Kier alpha value is -3.30. The summed E-state index contributed by atoms with van der Waals surface area (Å²) in [7, 11) is 0. The third-order valence-corrected chi connectivity index (χ3v) is 6.64. The predicted octanol–water partition coefficient (Wildman–Crippen LogP) is 5.57. The molecule has 1 saturated carbocycles. The Kier molecular flexibility index (Phi) is 4.25. The largest absolute Gasteiger partial charge is 0.377 e. The molecule has 2 heterocycles. The Morgan fingerprint density at radius 3 is 2.84 bits per heavy atom. The second-order valence-electron chi connectivity index (χ2n) is 8.47. The molecule has 1 N–H and O–H groups in total. The zero-order valence-electron chi connectivity index (χ0n) is 16.9. The summed E-state index contributed by atoms with van der Waals surface area (Å²) in [5, 5.41) is 23.6. The Balaban J connectivity index is 1.36. The van der Waals surface area contributed by atoms with Gasteiger partial charge in [-0.05, 0) is 67.5 Å². The Labute approximate surface area is 185 Å². The van der Waals surface area contributed by atoms with E-state index in [1.54, 1.807) is 0 Å². The van der Waals surface area contributed by atoms with Gasteiger partial charge in [0.2, 0.25) is 0 Å². The number of nitrogens with one attached hydrogen (secondary N) is 1. The van der Waals surface area contributed by atoms with Crippen molar-refractivity contribution in [1.82, 2.24) is 19.6 Å². The summed E-state index contributed by atoms with van der Waals surface area (Å²) in [4.78, 5) is 0. The van der Waals surface area contributed by atoms with E-state index in [-0.39, 0.29) is 6.04 Å².